The Morgan fingerprint density at radius 1 is 1.35 bits per heavy atom. The number of hydrogen-bond acceptors (Lipinski definition) is 4. The second-order valence-electron chi connectivity index (χ2n) is 5.07. The van der Waals surface area contributed by atoms with Crippen molar-refractivity contribution in [3.63, 3.8) is 0 Å². The Kier molecular flexibility index (Phi) is 4.15. The highest BCUT2D eigenvalue weighted by atomic mass is 16.5. The second-order valence-corrected chi connectivity index (χ2v) is 5.07. The molecule has 1 saturated heterocycles. The summed E-state index contributed by atoms with van der Waals surface area (Å²) < 4.78 is 4.73. The normalized spacial score (nSPS) is 30.5. The molecule has 1 saturated carbocycles. The molecule has 0 spiro atoms. The van der Waals surface area contributed by atoms with E-state index < -0.39 is 0 Å². The molecule has 2 rings (SSSR count). The molecule has 0 bridgehead atoms. The maximum absolute atomic E-state index is 11.8. The molecule has 0 aromatic heterocycles. The van der Waals surface area contributed by atoms with Crippen molar-refractivity contribution in [2.24, 2.45) is 5.92 Å². The molecular formula is C13H21NO3. The molecular weight excluding hydrogens is 218 g/mol. The van der Waals surface area contributed by atoms with Gasteiger partial charge >= 0.3 is 5.97 Å². The van der Waals surface area contributed by atoms with E-state index in [0.717, 1.165) is 38.6 Å². The lowest BCUT2D eigenvalue weighted by Gasteiger charge is -2.37. The molecule has 2 atom stereocenters. The number of carbonyl (C=O) groups is 2. The SMILES string of the molecule is COC(=O)CN1CCCCC1C1CCCC1=O. The smallest absolute Gasteiger partial charge is 0.319 e. The zero-order chi connectivity index (χ0) is 12.3. The Morgan fingerprint density at radius 2 is 2.18 bits per heavy atom. The Labute approximate surface area is 102 Å². The zero-order valence-corrected chi connectivity index (χ0v) is 10.5. The van der Waals surface area contributed by atoms with E-state index >= 15 is 0 Å². The third-order valence-electron chi connectivity index (χ3n) is 4.04. The van der Waals surface area contributed by atoms with Crippen LogP contribution in [-0.2, 0) is 14.3 Å². The monoisotopic (exact) mass is 239 g/mol. The maximum atomic E-state index is 11.8. The molecule has 2 fully saturated rings. The van der Waals surface area contributed by atoms with Crippen LogP contribution >= 0.6 is 0 Å². The van der Waals surface area contributed by atoms with Gasteiger partial charge in [0.25, 0.3) is 0 Å². The van der Waals surface area contributed by atoms with Crippen molar-refractivity contribution in [3.8, 4) is 0 Å². The molecule has 96 valence electrons. The number of likely N-dealkylation sites (tertiary alicyclic amines) is 1. The van der Waals surface area contributed by atoms with Gasteiger partial charge in [-0.3, -0.25) is 14.5 Å². The molecule has 0 amide bonds. The number of ether oxygens (including phenoxy) is 1. The third-order valence-corrected chi connectivity index (χ3v) is 4.04. The van der Waals surface area contributed by atoms with Gasteiger partial charge in [-0.1, -0.05) is 6.42 Å². The van der Waals surface area contributed by atoms with Crippen LogP contribution in [0.5, 0.6) is 0 Å². The molecule has 2 aliphatic rings. The molecule has 0 radical (unpaired) electrons. The number of hydrogen-bond donors (Lipinski definition) is 0. The fourth-order valence-electron chi connectivity index (χ4n) is 3.15. The van der Waals surface area contributed by atoms with Crippen LogP contribution in [0, 0.1) is 5.92 Å². The van der Waals surface area contributed by atoms with Crippen LogP contribution in [0.25, 0.3) is 0 Å². The van der Waals surface area contributed by atoms with Gasteiger partial charge in [0.15, 0.2) is 0 Å². The minimum Gasteiger partial charge on any atom is -0.468 e. The quantitative estimate of drug-likeness (QED) is 0.698. The summed E-state index contributed by atoms with van der Waals surface area (Å²) in [5, 5.41) is 0. The first-order valence-electron chi connectivity index (χ1n) is 6.56. The first-order valence-corrected chi connectivity index (χ1v) is 6.56. The number of piperidine rings is 1. The predicted octanol–water partition coefficient (Wildman–Crippen LogP) is 1.38. The molecule has 4 heteroatoms. The van der Waals surface area contributed by atoms with Crippen LogP contribution in [0.15, 0.2) is 0 Å². The van der Waals surface area contributed by atoms with Gasteiger partial charge in [-0.15, -0.1) is 0 Å². The lowest BCUT2D eigenvalue weighted by Crippen LogP contribution is -2.47. The summed E-state index contributed by atoms with van der Waals surface area (Å²) >= 11 is 0. The molecule has 1 aliphatic carbocycles. The van der Waals surface area contributed by atoms with Crippen molar-refractivity contribution in [1.29, 1.82) is 0 Å². The van der Waals surface area contributed by atoms with Gasteiger partial charge in [0.2, 0.25) is 0 Å². The molecule has 4 nitrogen and oxygen atoms in total. The number of rotatable bonds is 3. The minimum absolute atomic E-state index is 0.167. The first-order chi connectivity index (χ1) is 8.22. The number of Topliss-reactive ketones (excluding diaryl/α,β-unsaturated/α-hetero) is 1. The topological polar surface area (TPSA) is 46.6 Å². The summed E-state index contributed by atoms with van der Waals surface area (Å²) in [6.07, 6.45) is 6.09. The van der Waals surface area contributed by atoms with Crippen molar-refractivity contribution >= 4 is 11.8 Å². The van der Waals surface area contributed by atoms with E-state index in [0.29, 0.717) is 12.3 Å². The van der Waals surface area contributed by atoms with Crippen molar-refractivity contribution < 1.29 is 14.3 Å². The lowest BCUT2D eigenvalue weighted by molar-refractivity contribution is -0.144. The summed E-state index contributed by atoms with van der Waals surface area (Å²) in [6, 6.07) is 0.276. The van der Waals surface area contributed by atoms with E-state index in [4.69, 9.17) is 4.74 Å². The molecule has 0 N–H and O–H groups in total. The van der Waals surface area contributed by atoms with Gasteiger partial charge < -0.3 is 4.74 Å². The fourth-order valence-corrected chi connectivity index (χ4v) is 3.15. The minimum atomic E-state index is -0.192. The third kappa shape index (κ3) is 2.86. The molecule has 1 aliphatic heterocycles. The van der Waals surface area contributed by atoms with Crippen LogP contribution in [0.4, 0.5) is 0 Å². The largest absolute Gasteiger partial charge is 0.468 e. The highest BCUT2D eigenvalue weighted by molar-refractivity contribution is 5.83. The summed E-state index contributed by atoms with van der Waals surface area (Å²) in [6.45, 7) is 1.26. The Hall–Kier alpha value is -0.900. The van der Waals surface area contributed by atoms with Gasteiger partial charge in [-0.05, 0) is 32.2 Å². The van der Waals surface area contributed by atoms with Crippen molar-refractivity contribution in [2.75, 3.05) is 20.2 Å². The van der Waals surface area contributed by atoms with Crippen LogP contribution in [0.3, 0.4) is 0 Å². The van der Waals surface area contributed by atoms with Gasteiger partial charge in [-0.2, -0.15) is 0 Å². The number of methoxy groups -OCH3 is 1. The average molecular weight is 239 g/mol. The van der Waals surface area contributed by atoms with E-state index in [-0.39, 0.29) is 17.9 Å². The summed E-state index contributed by atoms with van der Waals surface area (Å²) in [7, 11) is 1.42. The lowest BCUT2D eigenvalue weighted by atomic mass is 9.88. The molecule has 2 unspecified atom stereocenters. The van der Waals surface area contributed by atoms with Crippen LogP contribution in [-0.4, -0.2) is 42.9 Å². The zero-order valence-electron chi connectivity index (χ0n) is 10.5. The summed E-state index contributed by atoms with van der Waals surface area (Å²) in [5.41, 5.74) is 0. The number of esters is 1. The first kappa shape index (κ1) is 12.6. The Morgan fingerprint density at radius 3 is 2.82 bits per heavy atom. The Bertz CT molecular complexity index is 303. The summed E-state index contributed by atoms with van der Waals surface area (Å²) in [4.78, 5) is 25.4. The molecule has 0 aromatic rings. The van der Waals surface area contributed by atoms with Gasteiger partial charge in [-0.25, -0.2) is 0 Å². The van der Waals surface area contributed by atoms with Crippen molar-refractivity contribution in [1.82, 2.24) is 4.90 Å². The van der Waals surface area contributed by atoms with Gasteiger partial charge in [0, 0.05) is 18.4 Å². The molecule has 17 heavy (non-hydrogen) atoms. The highest BCUT2D eigenvalue weighted by Gasteiger charge is 2.37. The van der Waals surface area contributed by atoms with E-state index in [2.05, 4.69) is 4.90 Å². The maximum Gasteiger partial charge on any atom is 0.319 e. The standard InChI is InChI=1S/C13H21NO3/c1-17-13(16)9-14-8-3-2-6-11(14)10-5-4-7-12(10)15/h10-11H,2-9H2,1H3. The van der Waals surface area contributed by atoms with Crippen LogP contribution in [0.1, 0.15) is 38.5 Å². The van der Waals surface area contributed by atoms with Crippen molar-refractivity contribution in [2.45, 2.75) is 44.6 Å². The van der Waals surface area contributed by atoms with Crippen LogP contribution < -0.4 is 0 Å². The van der Waals surface area contributed by atoms with E-state index in [1.54, 1.807) is 0 Å². The van der Waals surface area contributed by atoms with E-state index in [1.807, 2.05) is 0 Å². The van der Waals surface area contributed by atoms with Gasteiger partial charge in [0.05, 0.1) is 13.7 Å². The van der Waals surface area contributed by atoms with E-state index in [9.17, 15) is 9.59 Å². The number of carbonyl (C=O) groups excluding carboxylic acids is 2. The molecule has 0 aromatic carbocycles. The fraction of sp³-hybridized carbons (Fsp3) is 0.846. The molecule has 1 heterocycles. The van der Waals surface area contributed by atoms with E-state index in [1.165, 1.54) is 13.5 Å². The number of nitrogens with zero attached hydrogens (tertiary/aromatic N) is 1. The number of ketones is 1. The van der Waals surface area contributed by atoms with Crippen LogP contribution in [0.2, 0.25) is 0 Å². The Balaban J connectivity index is 2.01. The van der Waals surface area contributed by atoms with Gasteiger partial charge in [0.1, 0.15) is 5.78 Å². The average Bonchev–Trinajstić information content (AvgIpc) is 2.76. The second kappa shape index (κ2) is 5.63. The summed E-state index contributed by atoms with van der Waals surface area (Å²) in [5.74, 6) is 0.370. The van der Waals surface area contributed by atoms with Crippen molar-refractivity contribution in [3.05, 3.63) is 0 Å². The predicted molar refractivity (Wildman–Crippen MR) is 63.6 cm³/mol. The highest BCUT2D eigenvalue weighted by Crippen LogP contribution is 2.32.